The second kappa shape index (κ2) is 6.17. The summed E-state index contributed by atoms with van der Waals surface area (Å²) in [5.74, 6) is -0.268. The topological polar surface area (TPSA) is 29.1 Å². The number of anilines is 1. The Kier molecular flexibility index (Phi) is 6.01. The summed E-state index contributed by atoms with van der Waals surface area (Å²) in [4.78, 5) is 10.7. The van der Waals surface area contributed by atoms with Gasteiger partial charge in [-0.25, -0.2) is 0 Å². The van der Waals surface area contributed by atoms with Gasteiger partial charge in [0.05, 0.1) is 5.91 Å². The molecule has 1 N–H and O–H groups in total. The molecule has 2 nitrogen and oxygen atoms in total. The first-order valence-electron chi connectivity index (χ1n) is 3.95. The van der Waals surface area contributed by atoms with Gasteiger partial charge >= 0.3 is 0 Å². The molecule has 1 radical (unpaired) electrons. The molecule has 0 aliphatic heterocycles. The van der Waals surface area contributed by atoms with Crippen molar-refractivity contribution in [2.24, 2.45) is 0 Å². The van der Waals surface area contributed by atoms with Gasteiger partial charge in [0.1, 0.15) is 0 Å². The van der Waals surface area contributed by atoms with Crippen LogP contribution in [0, 0.1) is 6.92 Å². The number of nitrogens with one attached hydrogen (secondary N) is 1. The normalized spacial score (nSPS) is 8.69. The second-order valence-corrected chi connectivity index (χ2v) is 2.56. The molecule has 0 unspecified atom stereocenters. The largest absolute Gasteiger partial charge is 0.351 e. The standard InChI is InChI=1S/C10H12NO.Y/c1-3-9-6-4-5-7-10(9)11-8(2)12;/h4-7H,2-3H2,1H3,(H,11,12);/q-1;. The van der Waals surface area contributed by atoms with Gasteiger partial charge in [-0.1, -0.05) is 25.1 Å². The van der Waals surface area contributed by atoms with E-state index in [1.165, 1.54) is 0 Å². The van der Waals surface area contributed by atoms with Crippen LogP contribution in [0.15, 0.2) is 24.3 Å². The first-order valence-corrected chi connectivity index (χ1v) is 3.95. The molecule has 0 aliphatic rings. The van der Waals surface area contributed by atoms with Gasteiger partial charge in [0, 0.05) is 38.4 Å². The number of benzene rings is 1. The summed E-state index contributed by atoms with van der Waals surface area (Å²) in [5.41, 5.74) is 1.99. The molecule has 13 heavy (non-hydrogen) atoms. The third kappa shape index (κ3) is 3.92. The van der Waals surface area contributed by atoms with E-state index in [1.807, 2.05) is 31.2 Å². The number of para-hydroxylation sites is 1. The van der Waals surface area contributed by atoms with Gasteiger partial charge in [0.25, 0.3) is 0 Å². The fraction of sp³-hybridized carbons (Fsp3) is 0.200. The summed E-state index contributed by atoms with van der Waals surface area (Å²) in [6.45, 7) is 5.31. The molecule has 0 aromatic heterocycles. The van der Waals surface area contributed by atoms with Crippen LogP contribution >= 0.6 is 0 Å². The van der Waals surface area contributed by atoms with Gasteiger partial charge in [-0.05, 0) is 18.1 Å². The minimum atomic E-state index is -0.268. The molecule has 0 aliphatic carbocycles. The molecular formula is C10H12NOY-. The number of aryl methyl sites for hydroxylation is 1. The summed E-state index contributed by atoms with van der Waals surface area (Å²) in [7, 11) is 0. The monoisotopic (exact) mass is 251 g/mol. The Morgan fingerprint density at radius 2 is 2.08 bits per heavy atom. The molecule has 1 rings (SSSR count). The maximum Gasteiger partial charge on any atom is 0.0841 e. The fourth-order valence-electron chi connectivity index (χ4n) is 1.10. The van der Waals surface area contributed by atoms with Crippen LogP contribution in [0.4, 0.5) is 5.69 Å². The van der Waals surface area contributed by atoms with Gasteiger partial charge in [0.2, 0.25) is 0 Å². The number of rotatable bonds is 2. The maximum absolute atomic E-state index is 10.7. The van der Waals surface area contributed by atoms with E-state index in [9.17, 15) is 4.79 Å². The number of carbonyl (C=O) groups is 1. The van der Waals surface area contributed by atoms with Gasteiger partial charge < -0.3 is 17.0 Å². The summed E-state index contributed by atoms with van der Waals surface area (Å²) >= 11 is 0. The van der Waals surface area contributed by atoms with Crippen molar-refractivity contribution < 1.29 is 37.5 Å². The summed E-state index contributed by atoms with van der Waals surface area (Å²) < 4.78 is 0. The van der Waals surface area contributed by atoms with Crippen LogP contribution in [0.5, 0.6) is 0 Å². The van der Waals surface area contributed by atoms with Crippen molar-refractivity contribution in [2.45, 2.75) is 13.3 Å². The average Bonchev–Trinajstić information content (AvgIpc) is 2.04. The van der Waals surface area contributed by atoms with E-state index in [-0.39, 0.29) is 38.6 Å². The van der Waals surface area contributed by atoms with Gasteiger partial charge in [-0.3, -0.25) is 0 Å². The van der Waals surface area contributed by atoms with Crippen LogP contribution in [0.3, 0.4) is 0 Å². The number of carbonyl (C=O) groups excluding carboxylic acids is 1. The third-order valence-electron chi connectivity index (χ3n) is 1.67. The van der Waals surface area contributed by atoms with Crippen molar-refractivity contribution in [2.75, 3.05) is 5.32 Å². The smallest absolute Gasteiger partial charge is 0.0841 e. The minimum absolute atomic E-state index is 0. The first-order chi connectivity index (χ1) is 5.74. The molecule has 0 fully saturated rings. The third-order valence-corrected chi connectivity index (χ3v) is 1.67. The summed E-state index contributed by atoms with van der Waals surface area (Å²) in [6, 6.07) is 7.72. The van der Waals surface area contributed by atoms with Crippen LogP contribution in [0.1, 0.15) is 12.5 Å². The van der Waals surface area contributed by atoms with Gasteiger partial charge in [-0.2, -0.15) is 0 Å². The van der Waals surface area contributed by atoms with Crippen molar-refractivity contribution in [3.63, 3.8) is 0 Å². The Hall–Kier alpha value is -0.336. The predicted octanol–water partition coefficient (Wildman–Crippen LogP) is 2.02. The Morgan fingerprint density at radius 1 is 1.46 bits per heavy atom. The van der Waals surface area contributed by atoms with E-state index in [2.05, 4.69) is 12.2 Å². The zero-order valence-corrected chi connectivity index (χ0v) is 10.5. The Morgan fingerprint density at radius 3 is 2.62 bits per heavy atom. The molecule has 3 heteroatoms. The van der Waals surface area contributed by atoms with Crippen molar-refractivity contribution >= 4 is 11.6 Å². The fourth-order valence-corrected chi connectivity index (χ4v) is 1.10. The molecule has 1 amide bonds. The van der Waals surface area contributed by atoms with E-state index in [0.29, 0.717) is 0 Å². The number of hydrogen-bond acceptors (Lipinski definition) is 1. The van der Waals surface area contributed by atoms with Crippen LogP contribution in [0.2, 0.25) is 0 Å². The van der Waals surface area contributed by atoms with Crippen molar-refractivity contribution in [1.82, 2.24) is 0 Å². The number of amides is 1. The van der Waals surface area contributed by atoms with E-state index < -0.39 is 0 Å². The molecule has 0 atom stereocenters. The van der Waals surface area contributed by atoms with Crippen LogP contribution in [0.25, 0.3) is 0 Å². The minimum Gasteiger partial charge on any atom is -0.351 e. The van der Waals surface area contributed by atoms with Crippen molar-refractivity contribution in [1.29, 1.82) is 0 Å². The van der Waals surface area contributed by atoms with Crippen LogP contribution < -0.4 is 5.32 Å². The first kappa shape index (κ1) is 12.7. The van der Waals surface area contributed by atoms with E-state index in [4.69, 9.17) is 0 Å². The molecule has 0 bridgehead atoms. The summed E-state index contributed by atoms with van der Waals surface area (Å²) in [6.07, 6.45) is 0.913. The van der Waals surface area contributed by atoms with E-state index >= 15 is 0 Å². The van der Waals surface area contributed by atoms with Gasteiger partial charge in [-0.15, -0.1) is 0 Å². The van der Waals surface area contributed by atoms with Gasteiger partial charge in [0.15, 0.2) is 0 Å². The molecule has 0 heterocycles. The summed E-state index contributed by atoms with van der Waals surface area (Å²) in [5, 5.41) is 2.67. The average molecular weight is 251 g/mol. The van der Waals surface area contributed by atoms with Crippen molar-refractivity contribution in [3.05, 3.63) is 36.8 Å². The maximum atomic E-state index is 10.7. The molecular weight excluding hydrogens is 239 g/mol. The number of hydrogen-bond donors (Lipinski definition) is 1. The Labute approximate surface area is 104 Å². The van der Waals surface area contributed by atoms with E-state index in [1.54, 1.807) is 0 Å². The Balaban J connectivity index is 0.00000144. The quantitative estimate of drug-likeness (QED) is 0.800. The second-order valence-electron chi connectivity index (χ2n) is 2.56. The SMILES string of the molecule is [CH2-]C(=O)Nc1ccccc1CC.[Y]. The molecule has 0 saturated heterocycles. The zero-order chi connectivity index (χ0) is 8.97. The predicted molar refractivity (Wildman–Crippen MR) is 49.8 cm³/mol. The Bertz CT molecular complexity index is 286. The zero-order valence-electron chi connectivity index (χ0n) is 7.71. The van der Waals surface area contributed by atoms with Crippen LogP contribution in [-0.2, 0) is 43.9 Å². The van der Waals surface area contributed by atoms with Crippen LogP contribution in [-0.4, -0.2) is 5.91 Å². The molecule has 0 saturated carbocycles. The molecule has 67 valence electrons. The van der Waals surface area contributed by atoms with Crippen molar-refractivity contribution in [3.8, 4) is 0 Å². The molecule has 0 spiro atoms. The van der Waals surface area contributed by atoms with E-state index in [0.717, 1.165) is 17.7 Å². The molecule has 1 aromatic carbocycles. The molecule has 1 aromatic rings.